The molecule has 7 saturated heterocycles. The predicted molar refractivity (Wildman–Crippen MR) is 366 cm³/mol. The maximum absolute atomic E-state index is 11.6. The van der Waals surface area contributed by atoms with Crippen molar-refractivity contribution in [2.75, 3.05) is 113 Å². The molecular formula is C69H116N8O26. The van der Waals surface area contributed by atoms with E-state index in [0.29, 0.717) is 51.7 Å². The number of amides is 7. The number of carbonyl (C=O) groups is 14. The maximum Gasteiger partial charge on any atom is 0.373 e. The van der Waals surface area contributed by atoms with Crippen molar-refractivity contribution in [3.63, 3.8) is 0 Å². The van der Waals surface area contributed by atoms with E-state index in [-0.39, 0.29) is 106 Å². The first kappa shape index (κ1) is 94.8. The van der Waals surface area contributed by atoms with Crippen molar-refractivity contribution in [3.05, 3.63) is 0 Å². The molecule has 7 rings (SSSR count). The summed E-state index contributed by atoms with van der Waals surface area (Å²) in [4.78, 5) is 182. The molecular weight excluding hydrogens is 1360 g/mol. The van der Waals surface area contributed by atoms with Gasteiger partial charge in [-0.05, 0) is 52.7 Å². The molecule has 0 saturated carbocycles. The Kier molecular flexibility index (Phi) is 47.7. The quantitative estimate of drug-likeness (QED) is 0.0421. The number of aliphatic hydroxyl groups is 3. The topological polar surface area (TPSA) is 501 Å². The Morgan fingerprint density at radius 3 is 0.922 bits per heavy atom. The fourth-order valence-corrected chi connectivity index (χ4v) is 11.9. The van der Waals surface area contributed by atoms with Crippen molar-refractivity contribution in [3.8, 4) is 0 Å². The number of aliphatic carboxylic acids is 7. The summed E-state index contributed by atoms with van der Waals surface area (Å²) in [5, 5.41) is 87.5. The van der Waals surface area contributed by atoms with Crippen molar-refractivity contribution >= 4 is 89.3 Å². The van der Waals surface area contributed by atoms with Crippen LogP contribution in [0.3, 0.4) is 0 Å². The van der Waals surface area contributed by atoms with E-state index in [0.717, 1.165) is 56.6 Å². The number of rotatable bonds is 33. The summed E-state index contributed by atoms with van der Waals surface area (Å²) in [5.74, 6) is -10.5. The van der Waals surface area contributed by atoms with Crippen LogP contribution in [0.25, 0.3) is 0 Å². The van der Waals surface area contributed by atoms with Crippen LogP contribution in [0.1, 0.15) is 176 Å². The molecule has 0 aliphatic carbocycles. The first-order valence-electron chi connectivity index (χ1n) is 35.5. The van der Waals surface area contributed by atoms with E-state index in [1.807, 2.05) is 27.9 Å². The standard InChI is InChI=1S/C17H31NO3.C11H19NO3.C10H18N2O3.C9H15NO3.C8H13NO4.C7H11NO5.C6H9NO3.CO2/c1-2-3-4-5-6-7-8-9-10-11-12-18-14-15(17(20)21)13-16(18)19;1-2-3-4-5-6-12-8-9(11(14)15)7-10(12)13;1-11(2)4-3-5-12-7-8(10(14)15)6-9(12)13;1-6(2)4-10-5-7(9(12)13)3-8(10)11;1-5(10)3-9-4-6(8(12)13)2-7(9)11;9-3-6(11)8-2-4(7(12)13)1-5(8)10;1-7-3-4(6(9)10)2-5(7)8;2-1-3/h15H,2-14H2,1H3,(H,20,21);9H,2-8H2,1H3,(H,14,15);8H,3-7H2,1-2H3,(H,14,15);6-7H,3-5H2,1-2H3,(H,12,13);5-6,10H,2-4H2,1H3,(H,12,13);4,6,9,11H,1-3H2,(H,12,13);4H,2-3H2,1H3,(H,9,10);. The minimum atomic E-state index is -1.28. The minimum Gasteiger partial charge on any atom is -0.481 e. The summed E-state index contributed by atoms with van der Waals surface area (Å²) in [5.41, 5.74) is 0. The lowest BCUT2D eigenvalue weighted by Crippen LogP contribution is -2.39. The van der Waals surface area contributed by atoms with Gasteiger partial charge in [0.15, 0.2) is 6.23 Å². The summed E-state index contributed by atoms with van der Waals surface area (Å²) >= 11 is 0. The zero-order valence-electron chi connectivity index (χ0n) is 61.3. The molecule has 7 aliphatic heterocycles. The molecule has 7 aliphatic rings. The summed E-state index contributed by atoms with van der Waals surface area (Å²) in [6, 6.07) is 0. The number of aliphatic hydroxyl groups excluding tert-OH is 3. The van der Waals surface area contributed by atoms with Gasteiger partial charge in [0, 0.05) is 131 Å². The average molecular weight is 1470 g/mol. The lowest BCUT2D eigenvalue weighted by Gasteiger charge is -2.20. The summed E-state index contributed by atoms with van der Waals surface area (Å²) in [7, 11) is 5.57. The van der Waals surface area contributed by atoms with Gasteiger partial charge in [0.05, 0.1) is 54.1 Å². The van der Waals surface area contributed by atoms with Crippen LogP contribution in [0.4, 0.5) is 0 Å². The summed E-state index contributed by atoms with van der Waals surface area (Å²) in [6.45, 7) is 15.5. The van der Waals surface area contributed by atoms with Gasteiger partial charge in [-0.2, -0.15) is 9.59 Å². The lowest BCUT2D eigenvalue weighted by atomic mass is 10.1. The Balaban J connectivity index is 0.00000118. The van der Waals surface area contributed by atoms with Gasteiger partial charge in [-0.15, -0.1) is 0 Å². The third-order valence-corrected chi connectivity index (χ3v) is 17.7. The molecule has 7 heterocycles. The van der Waals surface area contributed by atoms with Gasteiger partial charge in [0.2, 0.25) is 41.4 Å². The second-order valence-corrected chi connectivity index (χ2v) is 27.5. The van der Waals surface area contributed by atoms with Gasteiger partial charge in [0.1, 0.15) is 0 Å². The second kappa shape index (κ2) is 51.9. The Labute approximate surface area is 602 Å². The van der Waals surface area contributed by atoms with Crippen LogP contribution in [-0.4, -0.2) is 305 Å². The van der Waals surface area contributed by atoms with Crippen molar-refractivity contribution in [2.24, 2.45) is 47.3 Å². The molecule has 0 aromatic rings. The molecule has 9 unspecified atom stereocenters. The average Bonchev–Trinajstić information content (AvgIpc) is 1.74. The summed E-state index contributed by atoms with van der Waals surface area (Å²) < 4.78 is 0. The van der Waals surface area contributed by atoms with Crippen LogP contribution in [0.2, 0.25) is 0 Å². The van der Waals surface area contributed by atoms with Crippen LogP contribution < -0.4 is 0 Å². The number of carbonyl (C=O) groups excluding carboxylic acids is 9. The van der Waals surface area contributed by atoms with E-state index in [2.05, 4.69) is 18.7 Å². The Morgan fingerprint density at radius 2 is 0.660 bits per heavy atom. The first-order chi connectivity index (χ1) is 48.4. The molecule has 0 bridgehead atoms. The molecule has 7 fully saturated rings. The van der Waals surface area contributed by atoms with E-state index in [9.17, 15) is 67.1 Å². The van der Waals surface area contributed by atoms with E-state index in [1.54, 1.807) is 33.6 Å². The number of carboxylic acid groups (broad SMARTS) is 7. The number of hydrogen-bond acceptors (Lipinski definition) is 20. The fraction of sp³-hybridized carbons (Fsp3) is 0.783. The van der Waals surface area contributed by atoms with E-state index in [1.165, 1.54) is 74.0 Å². The van der Waals surface area contributed by atoms with Crippen LogP contribution in [0.15, 0.2) is 0 Å². The highest BCUT2D eigenvalue weighted by Crippen LogP contribution is 2.24. The van der Waals surface area contributed by atoms with Crippen LogP contribution in [-0.2, 0) is 76.7 Å². The normalized spacial score (nSPS) is 21.7. The first-order valence-corrected chi connectivity index (χ1v) is 35.5. The van der Waals surface area contributed by atoms with Crippen molar-refractivity contribution in [1.29, 1.82) is 0 Å². The largest absolute Gasteiger partial charge is 0.481 e. The van der Waals surface area contributed by atoms with Crippen molar-refractivity contribution in [2.45, 2.75) is 188 Å². The highest BCUT2D eigenvalue weighted by atomic mass is 16.4. The van der Waals surface area contributed by atoms with Gasteiger partial charge in [0.25, 0.3) is 0 Å². The third kappa shape index (κ3) is 39.3. The molecule has 588 valence electrons. The molecule has 0 spiro atoms. The number of unbranched alkanes of at least 4 members (excludes halogenated alkanes) is 12. The van der Waals surface area contributed by atoms with Gasteiger partial charge >= 0.3 is 47.9 Å². The minimum absolute atomic E-state index is 0.00102. The molecule has 9 atom stereocenters. The smallest absolute Gasteiger partial charge is 0.373 e. The molecule has 103 heavy (non-hydrogen) atoms. The van der Waals surface area contributed by atoms with Crippen molar-refractivity contribution in [1.82, 2.24) is 39.2 Å². The van der Waals surface area contributed by atoms with Crippen LogP contribution in [0, 0.1) is 47.3 Å². The van der Waals surface area contributed by atoms with E-state index < -0.39 is 108 Å². The van der Waals surface area contributed by atoms with Gasteiger partial charge in [-0.1, -0.05) is 105 Å². The number of hydrogen-bond donors (Lipinski definition) is 10. The molecule has 0 radical (unpaired) electrons. The van der Waals surface area contributed by atoms with Gasteiger partial charge in [-0.25, -0.2) is 0 Å². The molecule has 0 aromatic heterocycles. The van der Waals surface area contributed by atoms with Crippen molar-refractivity contribution < 1.29 is 128 Å². The Hall–Kier alpha value is -8.20. The zero-order chi connectivity index (χ0) is 78.6. The second-order valence-electron chi connectivity index (χ2n) is 27.5. The highest BCUT2D eigenvalue weighted by Gasteiger charge is 2.40. The Morgan fingerprint density at radius 1 is 0.398 bits per heavy atom. The monoisotopic (exact) mass is 1470 g/mol. The highest BCUT2D eigenvalue weighted by molar-refractivity contribution is 5.89. The SMILES string of the molecule is CC(C)CN1CC(C(=O)O)CC1=O.CC(O)CN1CC(C(=O)O)CC1=O.CCCCCCCCCCCCN1CC(C(=O)O)CC1=O.CCCCCCN1CC(C(=O)O)CC1=O.CN(C)CCCN1CC(C(=O)O)CC1=O.CN1CC(C(=O)O)CC1=O.O=C(O)C1CC(=O)N(C(O)CO)C1.O=C=O. The number of carboxylic acids is 7. The van der Waals surface area contributed by atoms with Gasteiger partial charge in [-0.3, -0.25) is 67.1 Å². The third-order valence-electron chi connectivity index (χ3n) is 17.7. The lowest BCUT2D eigenvalue weighted by molar-refractivity contribution is -0.192. The number of nitrogens with zero attached hydrogens (tertiary/aromatic N) is 8. The summed E-state index contributed by atoms with van der Waals surface area (Å²) in [6.07, 6.45) is 17.3. The van der Waals surface area contributed by atoms with E-state index >= 15 is 0 Å². The molecule has 34 heteroatoms. The predicted octanol–water partition coefficient (Wildman–Crippen LogP) is 2.28. The molecule has 7 amide bonds. The fourth-order valence-electron chi connectivity index (χ4n) is 11.9. The Bertz CT molecular complexity index is 2700. The molecule has 0 aromatic carbocycles. The number of likely N-dealkylation sites (tertiary alicyclic amines) is 7. The number of β-amino-alcohol motifs (C(OH)–C–C–N with tert-alkyl or cyclic N) is 1. The molecule has 10 N–H and O–H groups in total. The molecule has 34 nitrogen and oxygen atoms in total. The maximum atomic E-state index is 11.6. The van der Waals surface area contributed by atoms with E-state index in [4.69, 9.17) is 60.7 Å². The van der Waals surface area contributed by atoms with Crippen LogP contribution >= 0.6 is 0 Å². The van der Waals surface area contributed by atoms with Gasteiger partial charge < -0.3 is 90.3 Å². The zero-order valence-corrected chi connectivity index (χ0v) is 61.3. The van der Waals surface area contributed by atoms with Crippen LogP contribution in [0.5, 0.6) is 0 Å².